The molecule has 27 heavy (non-hydrogen) atoms. The SMILES string of the molecule is CC(C)Oc1ccc(S(=O)(=O)CCC(=O)N2CCC(c3ccco3)C2)cc1. The van der Waals surface area contributed by atoms with Crippen molar-refractivity contribution in [3.8, 4) is 5.75 Å². The number of hydrogen-bond donors (Lipinski definition) is 0. The molecule has 0 bridgehead atoms. The van der Waals surface area contributed by atoms with Crippen molar-refractivity contribution in [2.24, 2.45) is 0 Å². The normalized spacial score (nSPS) is 17.4. The van der Waals surface area contributed by atoms with Crippen LogP contribution in [0.25, 0.3) is 0 Å². The van der Waals surface area contributed by atoms with E-state index in [4.69, 9.17) is 9.15 Å². The number of furan rings is 1. The van der Waals surface area contributed by atoms with E-state index in [1.54, 1.807) is 23.3 Å². The number of carbonyl (C=O) groups is 1. The summed E-state index contributed by atoms with van der Waals surface area (Å²) in [5, 5.41) is 0. The summed E-state index contributed by atoms with van der Waals surface area (Å²) in [6, 6.07) is 10.1. The highest BCUT2D eigenvalue weighted by atomic mass is 32.2. The van der Waals surface area contributed by atoms with E-state index in [1.807, 2.05) is 26.0 Å². The number of ether oxygens (including phenoxy) is 1. The smallest absolute Gasteiger partial charge is 0.223 e. The maximum Gasteiger partial charge on any atom is 0.223 e. The van der Waals surface area contributed by atoms with E-state index in [0.29, 0.717) is 18.8 Å². The lowest BCUT2D eigenvalue weighted by molar-refractivity contribution is -0.129. The zero-order chi connectivity index (χ0) is 19.4. The van der Waals surface area contributed by atoms with E-state index in [0.717, 1.165) is 12.2 Å². The van der Waals surface area contributed by atoms with Crippen molar-refractivity contribution in [2.45, 2.75) is 43.6 Å². The second kappa shape index (κ2) is 8.17. The van der Waals surface area contributed by atoms with Crippen LogP contribution in [0.4, 0.5) is 0 Å². The van der Waals surface area contributed by atoms with Gasteiger partial charge in [0, 0.05) is 25.4 Å². The summed E-state index contributed by atoms with van der Waals surface area (Å²) in [4.78, 5) is 14.4. The summed E-state index contributed by atoms with van der Waals surface area (Å²) in [6.45, 7) is 5.02. The van der Waals surface area contributed by atoms with E-state index in [-0.39, 0.29) is 35.0 Å². The van der Waals surface area contributed by atoms with Crippen LogP contribution in [0.3, 0.4) is 0 Å². The number of likely N-dealkylation sites (tertiary alicyclic amines) is 1. The highest BCUT2D eigenvalue weighted by molar-refractivity contribution is 7.91. The van der Waals surface area contributed by atoms with Gasteiger partial charge in [0.15, 0.2) is 9.84 Å². The van der Waals surface area contributed by atoms with E-state index in [1.165, 1.54) is 12.1 Å². The van der Waals surface area contributed by atoms with Crippen LogP contribution in [0, 0.1) is 0 Å². The topological polar surface area (TPSA) is 76.8 Å². The van der Waals surface area contributed by atoms with Gasteiger partial charge in [0.25, 0.3) is 0 Å². The van der Waals surface area contributed by atoms with Crippen LogP contribution in [-0.2, 0) is 14.6 Å². The fourth-order valence-corrected chi connectivity index (χ4v) is 4.47. The summed E-state index contributed by atoms with van der Waals surface area (Å²) in [5.41, 5.74) is 0. The van der Waals surface area contributed by atoms with Gasteiger partial charge in [-0.05, 0) is 56.7 Å². The molecule has 1 aliphatic heterocycles. The van der Waals surface area contributed by atoms with Gasteiger partial charge < -0.3 is 14.1 Å². The van der Waals surface area contributed by atoms with Crippen LogP contribution in [0.15, 0.2) is 52.0 Å². The van der Waals surface area contributed by atoms with Gasteiger partial charge in [-0.3, -0.25) is 4.79 Å². The first-order chi connectivity index (χ1) is 12.8. The average molecular weight is 391 g/mol. The minimum Gasteiger partial charge on any atom is -0.491 e. The molecule has 0 radical (unpaired) electrons. The van der Waals surface area contributed by atoms with Crippen LogP contribution in [-0.4, -0.2) is 44.2 Å². The number of rotatable bonds is 7. The van der Waals surface area contributed by atoms with Crippen LogP contribution in [0.5, 0.6) is 5.75 Å². The minimum atomic E-state index is -3.51. The second-order valence-electron chi connectivity index (χ2n) is 7.05. The van der Waals surface area contributed by atoms with Crippen molar-refractivity contribution < 1.29 is 22.4 Å². The Morgan fingerprint density at radius 2 is 2.00 bits per heavy atom. The van der Waals surface area contributed by atoms with Crippen LogP contribution in [0.1, 0.15) is 38.4 Å². The maximum atomic E-state index is 12.5. The molecule has 1 amide bonds. The third-order valence-electron chi connectivity index (χ3n) is 4.63. The molecular formula is C20H25NO5S. The van der Waals surface area contributed by atoms with Gasteiger partial charge in [-0.15, -0.1) is 0 Å². The van der Waals surface area contributed by atoms with Crippen LogP contribution < -0.4 is 4.74 Å². The lowest BCUT2D eigenvalue weighted by Gasteiger charge is -2.16. The lowest BCUT2D eigenvalue weighted by atomic mass is 10.1. The van der Waals surface area contributed by atoms with Gasteiger partial charge >= 0.3 is 0 Å². The molecule has 0 aliphatic carbocycles. The molecular weight excluding hydrogens is 366 g/mol. The number of carbonyl (C=O) groups excluding carboxylic acids is 1. The maximum absolute atomic E-state index is 12.5. The molecule has 3 rings (SSSR count). The predicted molar refractivity (Wildman–Crippen MR) is 102 cm³/mol. The Morgan fingerprint density at radius 1 is 1.26 bits per heavy atom. The summed E-state index contributed by atoms with van der Waals surface area (Å²) in [7, 11) is -3.51. The van der Waals surface area contributed by atoms with E-state index in [9.17, 15) is 13.2 Å². The first-order valence-electron chi connectivity index (χ1n) is 9.16. The standard InChI is InChI=1S/C20H25NO5S/c1-15(2)26-17-5-7-18(8-6-17)27(23,24)13-10-20(22)21-11-9-16(14-21)19-4-3-12-25-19/h3-8,12,15-16H,9-11,13-14H2,1-2H3. The predicted octanol–water partition coefficient (Wildman–Crippen LogP) is 3.25. The largest absolute Gasteiger partial charge is 0.491 e. The van der Waals surface area contributed by atoms with Crippen molar-refractivity contribution in [2.75, 3.05) is 18.8 Å². The van der Waals surface area contributed by atoms with E-state index < -0.39 is 9.84 Å². The van der Waals surface area contributed by atoms with Crippen LogP contribution in [0.2, 0.25) is 0 Å². The Balaban J connectivity index is 1.54. The highest BCUT2D eigenvalue weighted by Crippen LogP contribution is 2.28. The molecule has 1 aromatic heterocycles. The van der Waals surface area contributed by atoms with Gasteiger partial charge in [0.05, 0.1) is 23.0 Å². The Kier molecular flexibility index (Phi) is 5.89. The van der Waals surface area contributed by atoms with Gasteiger partial charge in [0.2, 0.25) is 5.91 Å². The number of hydrogen-bond acceptors (Lipinski definition) is 5. The molecule has 2 heterocycles. The Bertz CT molecular complexity index is 856. The lowest BCUT2D eigenvalue weighted by Crippen LogP contribution is -2.30. The Labute approximate surface area is 160 Å². The molecule has 1 atom stereocenters. The molecule has 1 unspecified atom stereocenters. The summed E-state index contributed by atoms with van der Waals surface area (Å²) in [5.74, 6) is 1.36. The Hall–Kier alpha value is -2.28. The first kappa shape index (κ1) is 19.5. The molecule has 1 fully saturated rings. The summed E-state index contributed by atoms with van der Waals surface area (Å²) >= 11 is 0. The third-order valence-corrected chi connectivity index (χ3v) is 6.36. The number of nitrogens with zero attached hydrogens (tertiary/aromatic N) is 1. The van der Waals surface area contributed by atoms with E-state index in [2.05, 4.69) is 0 Å². The van der Waals surface area contributed by atoms with Crippen LogP contribution >= 0.6 is 0 Å². The molecule has 0 spiro atoms. The monoisotopic (exact) mass is 391 g/mol. The molecule has 0 saturated carbocycles. The molecule has 0 N–H and O–H groups in total. The number of benzene rings is 1. The van der Waals surface area contributed by atoms with E-state index >= 15 is 0 Å². The number of sulfone groups is 1. The summed E-state index contributed by atoms with van der Waals surface area (Å²) < 4.78 is 36.0. The summed E-state index contributed by atoms with van der Waals surface area (Å²) in [6.07, 6.45) is 2.47. The van der Waals surface area contributed by atoms with Gasteiger partial charge in [-0.1, -0.05) is 0 Å². The molecule has 2 aromatic rings. The minimum absolute atomic E-state index is 0.0164. The first-order valence-corrected chi connectivity index (χ1v) is 10.8. The van der Waals surface area contributed by atoms with Gasteiger partial charge in [-0.25, -0.2) is 8.42 Å². The second-order valence-corrected chi connectivity index (χ2v) is 9.16. The zero-order valence-electron chi connectivity index (χ0n) is 15.6. The Morgan fingerprint density at radius 3 is 2.63 bits per heavy atom. The fraction of sp³-hybridized carbons (Fsp3) is 0.450. The number of amides is 1. The third kappa shape index (κ3) is 4.91. The van der Waals surface area contributed by atoms with Crippen molar-refractivity contribution in [1.82, 2.24) is 4.90 Å². The molecule has 6 nitrogen and oxygen atoms in total. The van der Waals surface area contributed by atoms with Gasteiger partial charge in [-0.2, -0.15) is 0 Å². The molecule has 146 valence electrons. The zero-order valence-corrected chi connectivity index (χ0v) is 16.4. The average Bonchev–Trinajstić information content (AvgIpc) is 3.31. The quantitative estimate of drug-likeness (QED) is 0.724. The van der Waals surface area contributed by atoms with Crippen molar-refractivity contribution >= 4 is 15.7 Å². The molecule has 1 aliphatic rings. The molecule has 1 aromatic carbocycles. The van der Waals surface area contributed by atoms with Gasteiger partial charge in [0.1, 0.15) is 11.5 Å². The van der Waals surface area contributed by atoms with Crippen molar-refractivity contribution in [3.05, 3.63) is 48.4 Å². The molecule has 7 heteroatoms. The molecule has 1 saturated heterocycles. The fourth-order valence-electron chi connectivity index (χ4n) is 3.24. The van der Waals surface area contributed by atoms with Crippen molar-refractivity contribution in [1.29, 1.82) is 0 Å². The highest BCUT2D eigenvalue weighted by Gasteiger charge is 2.29. The van der Waals surface area contributed by atoms with Crippen molar-refractivity contribution in [3.63, 3.8) is 0 Å².